The van der Waals surface area contributed by atoms with E-state index in [4.69, 9.17) is 17.1 Å². The number of nitrogens with zero attached hydrogens (tertiary/aromatic N) is 1. The van der Waals surface area contributed by atoms with Crippen molar-refractivity contribution in [2.24, 2.45) is 0 Å². The van der Waals surface area contributed by atoms with Crippen LogP contribution >= 0.6 is 7.37 Å². The molecule has 0 aromatic rings. The molecule has 0 bridgehead atoms. The van der Waals surface area contributed by atoms with E-state index in [1.54, 1.807) is 6.66 Å². The first-order valence-electron chi connectivity index (χ1n) is 7.21. The van der Waals surface area contributed by atoms with Crippen LogP contribution in [0.15, 0.2) is 0 Å². The molecule has 1 saturated heterocycles. The number of hydrogen-bond acceptors (Lipinski definition) is 4. The molecule has 1 rings (SSSR count). The Labute approximate surface area is 125 Å². The standard InChI is InChI=1S/C14H29BNO3P/c1-13(2,3)16-8-11(19-12(15)9-16)10-18-20(7,17)14(4,5)6/h11-12H,8-10H2,1-7H3. The molecule has 4 nitrogen and oxygen atoms in total. The molecule has 3 atom stereocenters. The lowest BCUT2D eigenvalue weighted by atomic mass is 9.94. The van der Waals surface area contributed by atoms with Crippen molar-refractivity contribution in [1.82, 2.24) is 4.90 Å². The van der Waals surface area contributed by atoms with Gasteiger partial charge in [0.25, 0.3) is 0 Å². The normalized spacial score (nSPS) is 29.1. The summed E-state index contributed by atoms with van der Waals surface area (Å²) in [7, 11) is 3.29. The van der Waals surface area contributed by atoms with Crippen LogP contribution in [0.3, 0.4) is 0 Å². The van der Waals surface area contributed by atoms with Crippen LogP contribution in [0.4, 0.5) is 0 Å². The van der Waals surface area contributed by atoms with Crippen molar-refractivity contribution in [3.63, 3.8) is 0 Å². The summed E-state index contributed by atoms with van der Waals surface area (Å²) in [5.74, 6) is 0. The average Bonchev–Trinajstić information content (AvgIpc) is 2.23. The van der Waals surface area contributed by atoms with Crippen LogP contribution in [0, 0.1) is 0 Å². The molecule has 1 fully saturated rings. The molecule has 0 amide bonds. The van der Waals surface area contributed by atoms with E-state index in [0.29, 0.717) is 13.2 Å². The summed E-state index contributed by atoms with van der Waals surface area (Å²) in [6, 6.07) is -0.317. The largest absolute Gasteiger partial charge is 0.380 e. The van der Waals surface area contributed by atoms with Crippen LogP contribution < -0.4 is 0 Å². The quantitative estimate of drug-likeness (QED) is 0.593. The second-order valence-corrected chi connectivity index (χ2v) is 11.0. The average molecular weight is 301 g/mol. The third-order valence-corrected chi connectivity index (χ3v) is 6.94. The van der Waals surface area contributed by atoms with Gasteiger partial charge in [0.05, 0.1) is 12.7 Å². The lowest BCUT2D eigenvalue weighted by molar-refractivity contribution is -0.0898. The highest BCUT2D eigenvalue weighted by Crippen LogP contribution is 2.55. The van der Waals surface area contributed by atoms with E-state index in [2.05, 4.69) is 25.7 Å². The van der Waals surface area contributed by atoms with Gasteiger partial charge in [-0.05, 0) is 20.8 Å². The Hall–Kier alpha value is 0.175. The van der Waals surface area contributed by atoms with Crippen molar-refractivity contribution in [2.75, 3.05) is 26.4 Å². The first kappa shape index (κ1) is 18.2. The fourth-order valence-electron chi connectivity index (χ4n) is 1.93. The maximum absolute atomic E-state index is 12.5. The monoisotopic (exact) mass is 301 g/mol. The molecule has 2 radical (unpaired) electrons. The SMILES string of the molecule is [B]C1CN(C(C)(C)C)CC(COP(C)(=O)C(C)(C)C)O1. The summed E-state index contributed by atoms with van der Waals surface area (Å²) >= 11 is 0. The zero-order chi connectivity index (χ0) is 15.8. The van der Waals surface area contributed by atoms with Gasteiger partial charge in [0.2, 0.25) is 7.37 Å². The van der Waals surface area contributed by atoms with E-state index in [1.165, 1.54) is 0 Å². The van der Waals surface area contributed by atoms with Gasteiger partial charge in [-0.15, -0.1) is 0 Å². The van der Waals surface area contributed by atoms with Gasteiger partial charge < -0.3 is 9.26 Å². The lowest BCUT2D eigenvalue weighted by Crippen LogP contribution is -2.56. The minimum atomic E-state index is -2.66. The molecule has 0 N–H and O–H groups in total. The molecule has 1 aliphatic rings. The Balaban J connectivity index is 2.62. The van der Waals surface area contributed by atoms with Gasteiger partial charge in [-0.2, -0.15) is 0 Å². The summed E-state index contributed by atoms with van der Waals surface area (Å²) in [5, 5.41) is -0.354. The third kappa shape index (κ3) is 4.87. The summed E-state index contributed by atoms with van der Waals surface area (Å²) in [5.41, 5.74) is 0.0413. The van der Waals surface area contributed by atoms with Gasteiger partial charge in [0.15, 0.2) is 0 Å². The molecule has 1 aliphatic heterocycles. The third-order valence-electron chi connectivity index (χ3n) is 3.87. The summed E-state index contributed by atoms with van der Waals surface area (Å²) in [6.07, 6.45) is -0.131. The Kier molecular flexibility index (Phi) is 5.58. The molecule has 0 aliphatic carbocycles. The predicted octanol–water partition coefficient (Wildman–Crippen LogP) is 2.70. The molecule has 20 heavy (non-hydrogen) atoms. The fraction of sp³-hybridized carbons (Fsp3) is 1.00. The molecule has 0 saturated carbocycles. The first-order chi connectivity index (χ1) is 8.83. The second-order valence-electron chi connectivity index (χ2n) is 7.68. The number of hydrogen-bond donors (Lipinski definition) is 0. The van der Waals surface area contributed by atoms with Crippen molar-refractivity contribution in [1.29, 1.82) is 0 Å². The zero-order valence-corrected chi connectivity index (χ0v) is 14.9. The molecule has 0 aromatic heterocycles. The Morgan fingerprint density at radius 3 is 2.25 bits per heavy atom. The molecule has 3 unspecified atom stereocenters. The van der Waals surface area contributed by atoms with E-state index in [9.17, 15) is 4.57 Å². The van der Waals surface area contributed by atoms with Crippen LogP contribution in [-0.2, 0) is 13.8 Å². The van der Waals surface area contributed by atoms with Crippen LogP contribution in [0.5, 0.6) is 0 Å². The van der Waals surface area contributed by atoms with Crippen LogP contribution in [0.2, 0.25) is 0 Å². The van der Waals surface area contributed by atoms with Gasteiger partial charge in [-0.1, -0.05) is 20.8 Å². The van der Waals surface area contributed by atoms with Gasteiger partial charge in [0, 0.05) is 36.5 Å². The van der Waals surface area contributed by atoms with Gasteiger partial charge >= 0.3 is 0 Å². The molecule has 1 heterocycles. The Morgan fingerprint density at radius 1 is 1.25 bits per heavy atom. The number of morpholine rings is 1. The highest BCUT2D eigenvalue weighted by molar-refractivity contribution is 7.59. The summed E-state index contributed by atoms with van der Waals surface area (Å²) in [4.78, 5) is 2.28. The summed E-state index contributed by atoms with van der Waals surface area (Å²) < 4.78 is 23.9. The lowest BCUT2D eigenvalue weighted by Gasteiger charge is -2.44. The van der Waals surface area contributed by atoms with Crippen molar-refractivity contribution in [3.05, 3.63) is 0 Å². The first-order valence-corrected chi connectivity index (χ1v) is 9.28. The smallest absolute Gasteiger partial charge is 0.205 e. The van der Waals surface area contributed by atoms with Crippen molar-refractivity contribution < 1.29 is 13.8 Å². The van der Waals surface area contributed by atoms with E-state index in [1.807, 2.05) is 20.8 Å². The Bertz CT molecular complexity index is 376. The number of ether oxygens (including phenoxy) is 1. The summed E-state index contributed by atoms with van der Waals surface area (Å²) in [6.45, 7) is 15.7. The van der Waals surface area contributed by atoms with Gasteiger partial charge in [-0.3, -0.25) is 9.46 Å². The van der Waals surface area contributed by atoms with Crippen LogP contribution in [0.1, 0.15) is 41.5 Å². The van der Waals surface area contributed by atoms with E-state index >= 15 is 0 Å². The molecule has 116 valence electrons. The predicted molar refractivity (Wildman–Crippen MR) is 85.0 cm³/mol. The number of rotatable bonds is 3. The van der Waals surface area contributed by atoms with E-state index in [0.717, 1.165) is 6.54 Å². The maximum atomic E-state index is 12.5. The van der Waals surface area contributed by atoms with E-state index < -0.39 is 7.37 Å². The maximum Gasteiger partial charge on any atom is 0.205 e. The van der Waals surface area contributed by atoms with Crippen molar-refractivity contribution >= 4 is 15.2 Å². The highest BCUT2D eigenvalue weighted by atomic mass is 31.2. The zero-order valence-electron chi connectivity index (χ0n) is 14.0. The molecule has 0 aromatic carbocycles. The van der Waals surface area contributed by atoms with Crippen molar-refractivity contribution in [3.8, 4) is 0 Å². The minimum Gasteiger partial charge on any atom is -0.380 e. The molecular formula is C14H29BNO3P. The van der Waals surface area contributed by atoms with Crippen LogP contribution in [-0.4, -0.2) is 61.9 Å². The van der Waals surface area contributed by atoms with E-state index in [-0.39, 0.29) is 22.8 Å². The van der Waals surface area contributed by atoms with Crippen molar-refractivity contribution in [2.45, 2.75) is 64.3 Å². The fourth-order valence-corrected chi connectivity index (χ4v) is 2.77. The van der Waals surface area contributed by atoms with Gasteiger partial charge in [0.1, 0.15) is 7.85 Å². The van der Waals surface area contributed by atoms with Crippen LogP contribution in [0.25, 0.3) is 0 Å². The highest BCUT2D eigenvalue weighted by Gasteiger charge is 2.36. The minimum absolute atomic E-state index is 0.0413. The second kappa shape index (κ2) is 6.12. The topological polar surface area (TPSA) is 38.8 Å². The molecule has 6 heteroatoms. The van der Waals surface area contributed by atoms with Gasteiger partial charge in [-0.25, -0.2) is 0 Å². The molecule has 0 spiro atoms. The Morgan fingerprint density at radius 2 is 1.80 bits per heavy atom. The molecular weight excluding hydrogens is 272 g/mol.